The van der Waals surface area contributed by atoms with E-state index in [1.807, 2.05) is 26.0 Å². The van der Waals surface area contributed by atoms with Crippen molar-refractivity contribution in [3.8, 4) is 0 Å². The number of rotatable bonds is 4. The molecular formula is C26H24F3NO5. The quantitative estimate of drug-likeness (QED) is 0.381. The number of piperidine rings is 1. The van der Waals surface area contributed by atoms with Crippen molar-refractivity contribution in [2.24, 2.45) is 5.92 Å². The van der Waals surface area contributed by atoms with Crippen LogP contribution in [0.1, 0.15) is 45.5 Å². The molecule has 184 valence electrons. The largest absolute Gasteiger partial charge is 0.461 e. The van der Waals surface area contributed by atoms with Gasteiger partial charge in [-0.2, -0.15) is 13.2 Å². The van der Waals surface area contributed by atoms with Crippen LogP contribution in [0.3, 0.4) is 0 Å². The number of hydrogen-bond acceptors (Lipinski definition) is 5. The van der Waals surface area contributed by atoms with Gasteiger partial charge in [-0.05, 0) is 62.1 Å². The van der Waals surface area contributed by atoms with Crippen LogP contribution in [0.15, 0.2) is 51.7 Å². The van der Waals surface area contributed by atoms with Gasteiger partial charge in [0.25, 0.3) is 5.91 Å². The van der Waals surface area contributed by atoms with Crippen molar-refractivity contribution in [1.82, 2.24) is 4.90 Å². The fourth-order valence-corrected chi connectivity index (χ4v) is 4.21. The predicted molar refractivity (Wildman–Crippen MR) is 122 cm³/mol. The highest BCUT2D eigenvalue weighted by molar-refractivity contribution is 5.94. The molecule has 0 radical (unpaired) electrons. The van der Waals surface area contributed by atoms with E-state index in [9.17, 15) is 27.6 Å². The number of hydrogen-bond donors (Lipinski definition) is 0. The van der Waals surface area contributed by atoms with Crippen molar-refractivity contribution >= 4 is 22.8 Å². The number of esters is 1. The molecular weight excluding hydrogens is 463 g/mol. The van der Waals surface area contributed by atoms with E-state index in [4.69, 9.17) is 9.15 Å². The first-order valence-corrected chi connectivity index (χ1v) is 11.2. The van der Waals surface area contributed by atoms with Gasteiger partial charge in [-0.3, -0.25) is 9.59 Å². The normalized spacial score (nSPS) is 14.8. The minimum absolute atomic E-state index is 0.0753. The molecule has 1 amide bonds. The van der Waals surface area contributed by atoms with E-state index in [0.717, 1.165) is 35.4 Å². The highest BCUT2D eigenvalue weighted by Crippen LogP contribution is 2.30. The minimum atomic E-state index is -4.46. The summed E-state index contributed by atoms with van der Waals surface area (Å²) in [6.07, 6.45) is -3.71. The average Bonchev–Trinajstić information content (AvgIpc) is 2.84. The van der Waals surface area contributed by atoms with Gasteiger partial charge in [0.2, 0.25) is 0 Å². The molecule has 1 fully saturated rings. The number of alkyl halides is 3. The first-order chi connectivity index (χ1) is 16.5. The van der Waals surface area contributed by atoms with Gasteiger partial charge < -0.3 is 14.1 Å². The summed E-state index contributed by atoms with van der Waals surface area (Å²) < 4.78 is 49.0. The summed E-state index contributed by atoms with van der Waals surface area (Å²) in [4.78, 5) is 38.8. The van der Waals surface area contributed by atoms with Crippen LogP contribution in [0.25, 0.3) is 11.0 Å². The molecule has 0 atom stereocenters. The molecule has 0 bridgehead atoms. The topological polar surface area (TPSA) is 76.8 Å². The third-order valence-electron chi connectivity index (χ3n) is 6.46. The van der Waals surface area contributed by atoms with Crippen molar-refractivity contribution in [3.63, 3.8) is 0 Å². The van der Waals surface area contributed by atoms with Crippen LogP contribution >= 0.6 is 0 Å². The number of amides is 1. The molecule has 0 N–H and O–H groups in total. The molecule has 9 heteroatoms. The van der Waals surface area contributed by atoms with E-state index in [1.165, 1.54) is 11.0 Å². The minimum Gasteiger partial charge on any atom is -0.461 e. The fourth-order valence-electron chi connectivity index (χ4n) is 4.21. The zero-order valence-corrected chi connectivity index (χ0v) is 19.3. The molecule has 35 heavy (non-hydrogen) atoms. The summed E-state index contributed by atoms with van der Waals surface area (Å²) >= 11 is 0. The predicted octanol–water partition coefficient (Wildman–Crippen LogP) is 5.02. The van der Waals surface area contributed by atoms with Crippen LogP contribution in [-0.4, -0.2) is 29.9 Å². The molecule has 6 nitrogen and oxygen atoms in total. The molecule has 0 saturated carbocycles. The second-order valence-corrected chi connectivity index (χ2v) is 8.72. The standard InChI is InChI=1S/C26H24F3NO5/c1-15-3-8-21-19(13-22(31)35-23(21)16(15)2)14-34-25(33)18-9-11-30(12-10-18)24(32)17-4-6-20(7-5-17)26(27,28)29/h3-8,13,18H,9-12,14H2,1-2H3. The fraction of sp³-hybridized carbons (Fsp3) is 0.346. The molecule has 0 aliphatic carbocycles. The van der Waals surface area contributed by atoms with Crippen LogP contribution in [0.5, 0.6) is 0 Å². The van der Waals surface area contributed by atoms with Crippen LogP contribution in [0.4, 0.5) is 13.2 Å². The van der Waals surface area contributed by atoms with Crippen LogP contribution in [-0.2, 0) is 22.3 Å². The number of benzene rings is 2. The van der Waals surface area contributed by atoms with Crippen molar-refractivity contribution in [1.29, 1.82) is 0 Å². The lowest BCUT2D eigenvalue weighted by atomic mass is 9.96. The van der Waals surface area contributed by atoms with Gasteiger partial charge in [-0.15, -0.1) is 0 Å². The summed E-state index contributed by atoms with van der Waals surface area (Å²) in [5.74, 6) is -1.21. The van der Waals surface area contributed by atoms with Gasteiger partial charge >= 0.3 is 17.8 Å². The number of likely N-dealkylation sites (tertiary alicyclic amines) is 1. The van der Waals surface area contributed by atoms with Crippen molar-refractivity contribution < 1.29 is 31.9 Å². The van der Waals surface area contributed by atoms with E-state index < -0.39 is 29.3 Å². The number of carbonyl (C=O) groups is 2. The first kappa shape index (κ1) is 24.5. The van der Waals surface area contributed by atoms with Gasteiger partial charge in [0.05, 0.1) is 11.5 Å². The summed E-state index contributed by atoms with van der Waals surface area (Å²) in [5.41, 5.74) is 1.68. The average molecular weight is 487 g/mol. The Morgan fingerprint density at radius 1 is 1.06 bits per heavy atom. The lowest BCUT2D eigenvalue weighted by molar-refractivity contribution is -0.151. The smallest absolute Gasteiger partial charge is 0.416 e. The van der Waals surface area contributed by atoms with Gasteiger partial charge in [0.15, 0.2) is 0 Å². The highest BCUT2D eigenvalue weighted by Gasteiger charge is 2.32. The van der Waals surface area contributed by atoms with E-state index in [1.54, 1.807) is 0 Å². The van der Waals surface area contributed by atoms with Gasteiger partial charge in [0.1, 0.15) is 12.2 Å². The molecule has 0 unspecified atom stereocenters. The number of aryl methyl sites for hydroxylation is 2. The van der Waals surface area contributed by atoms with Crippen LogP contribution < -0.4 is 5.63 Å². The molecule has 3 aromatic rings. The second kappa shape index (κ2) is 9.56. The number of carbonyl (C=O) groups excluding carboxylic acids is 2. The summed E-state index contributed by atoms with van der Waals surface area (Å²) in [5, 5.41) is 0.706. The Morgan fingerprint density at radius 3 is 2.34 bits per heavy atom. The molecule has 1 aliphatic heterocycles. The summed E-state index contributed by atoms with van der Waals surface area (Å²) in [7, 11) is 0. The lowest BCUT2D eigenvalue weighted by Gasteiger charge is -2.31. The Bertz CT molecular complexity index is 1320. The lowest BCUT2D eigenvalue weighted by Crippen LogP contribution is -2.40. The second-order valence-electron chi connectivity index (χ2n) is 8.72. The number of fused-ring (bicyclic) bond motifs is 1. The van der Waals surface area contributed by atoms with E-state index in [2.05, 4.69) is 0 Å². The monoisotopic (exact) mass is 487 g/mol. The Hall–Kier alpha value is -3.62. The van der Waals surface area contributed by atoms with Gasteiger partial charge in [-0.25, -0.2) is 4.79 Å². The SMILES string of the molecule is Cc1ccc2c(COC(=O)C3CCN(C(=O)c4ccc(C(F)(F)F)cc4)CC3)cc(=O)oc2c1C. The van der Waals surface area contributed by atoms with Crippen molar-refractivity contribution in [2.75, 3.05) is 13.1 Å². The maximum Gasteiger partial charge on any atom is 0.416 e. The zero-order valence-electron chi connectivity index (χ0n) is 19.3. The van der Waals surface area contributed by atoms with Gasteiger partial charge in [0, 0.05) is 35.7 Å². The number of ether oxygens (including phenoxy) is 1. The highest BCUT2D eigenvalue weighted by atomic mass is 19.4. The molecule has 2 aromatic carbocycles. The Balaban J connectivity index is 1.36. The molecule has 1 aliphatic rings. The first-order valence-electron chi connectivity index (χ1n) is 11.2. The summed E-state index contributed by atoms with van der Waals surface area (Å²) in [6, 6.07) is 9.14. The van der Waals surface area contributed by atoms with Crippen molar-refractivity contribution in [2.45, 2.75) is 39.5 Å². The third-order valence-corrected chi connectivity index (χ3v) is 6.46. The van der Waals surface area contributed by atoms with Crippen LogP contribution in [0, 0.1) is 19.8 Å². The molecule has 1 saturated heterocycles. The zero-order chi connectivity index (χ0) is 25.3. The van der Waals surface area contributed by atoms with Gasteiger partial charge in [-0.1, -0.05) is 12.1 Å². The Morgan fingerprint density at radius 2 is 1.71 bits per heavy atom. The van der Waals surface area contributed by atoms with E-state index in [0.29, 0.717) is 29.4 Å². The Labute approximate surface area is 199 Å². The number of nitrogens with zero attached hydrogens (tertiary/aromatic N) is 1. The molecule has 4 rings (SSSR count). The maximum absolute atomic E-state index is 12.7. The van der Waals surface area contributed by atoms with E-state index >= 15 is 0 Å². The molecule has 1 aromatic heterocycles. The van der Waals surface area contributed by atoms with E-state index in [-0.39, 0.29) is 31.2 Å². The summed E-state index contributed by atoms with van der Waals surface area (Å²) in [6.45, 7) is 4.27. The Kier molecular flexibility index (Phi) is 6.69. The third kappa shape index (κ3) is 5.23. The number of halogens is 3. The van der Waals surface area contributed by atoms with Crippen LogP contribution in [0.2, 0.25) is 0 Å². The maximum atomic E-state index is 12.7. The van der Waals surface area contributed by atoms with Crippen molar-refractivity contribution in [3.05, 3.63) is 80.7 Å². The molecule has 0 spiro atoms. The molecule has 2 heterocycles.